The van der Waals surface area contributed by atoms with Gasteiger partial charge in [0.2, 0.25) is 0 Å². The summed E-state index contributed by atoms with van der Waals surface area (Å²) in [6.07, 6.45) is -1.92. The van der Waals surface area contributed by atoms with E-state index in [4.69, 9.17) is 14.2 Å². The number of ether oxygens (including phenoxy) is 3. The van der Waals surface area contributed by atoms with E-state index in [-0.39, 0.29) is 5.69 Å². The molecule has 0 aliphatic carbocycles. The minimum atomic E-state index is -4.52. The van der Waals surface area contributed by atoms with E-state index >= 15 is 0 Å². The Labute approximate surface area is 163 Å². The van der Waals surface area contributed by atoms with Gasteiger partial charge in [0.1, 0.15) is 13.2 Å². The molecule has 2 aromatic carbocycles. The third kappa shape index (κ3) is 5.74. The van der Waals surface area contributed by atoms with Crippen molar-refractivity contribution in [1.29, 1.82) is 0 Å². The zero-order valence-electron chi connectivity index (χ0n) is 15.0. The van der Waals surface area contributed by atoms with Crippen LogP contribution in [0.15, 0.2) is 48.5 Å². The van der Waals surface area contributed by atoms with Gasteiger partial charge in [0.15, 0.2) is 18.1 Å². The molecule has 0 radical (unpaired) electrons. The third-order valence-corrected chi connectivity index (χ3v) is 3.80. The molecule has 0 fully saturated rings. The van der Waals surface area contributed by atoms with Crippen LogP contribution in [-0.2, 0) is 20.5 Å². The van der Waals surface area contributed by atoms with E-state index in [0.717, 1.165) is 18.2 Å². The first-order valence-corrected chi connectivity index (χ1v) is 8.53. The number of hydrogen-bond donors (Lipinski definition) is 1. The number of carbonyl (C=O) groups is 2. The molecule has 0 aromatic heterocycles. The maximum absolute atomic E-state index is 12.7. The van der Waals surface area contributed by atoms with Gasteiger partial charge in [-0.2, -0.15) is 13.2 Å². The van der Waals surface area contributed by atoms with Crippen molar-refractivity contribution < 1.29 is 37.0 Å². The highest BCUT2D eigenvalue weighted by atomic mass is 19.4. The van der Waals surface area contributed by atoms with Crippen LogP contribution in [-0.4, -0.2) is 31.7 Å². The summed E-state index contributed by atoms with van der Waals surface area (Å²) >= 11 is 0. The number of nitrogens with one attached hydrogen (secondary N) is 1. The number of benzene rings is 2. The van der Waals surface area contributed by atoms with E-state index in [9.17, 15) is 22.8 Å². The number of hydrogen-bond acceptors (Lipinski definition) is 5. The molecule has 0 unspecified atom stereocenters. The van der Waals surface area contributed by atoms with Crippen molar-refractivity contribution in [3.63, 3.8) is 0 Å². The van der Waals surface area contributed by atoms with Crippen molar-refractivity contribution in [2.24, 2.45) is 0 Å². The van der Waals surface area contributed by atoms with E-state index in [1.165, 1.54) is 18.2 Å². The van der Waals surface area contributed by atoms with Crippen molar-refractivity contribution >= 4 is 23.6 Å². The molecule has 6 nitrogen and oxygen atoms in total. The normalized spacial score (nSPS) is 13.2. The van der Waals surface area contributed by atoms with Crippen molar-refractivity contribution in [3.8, 4) is 11.5 Å². The molecule has 0 spiro atoms. The van der Waals surface area contributed by atoms with Gasteiger partial charge < -0.3 is 19.5 Å². The average molecular weight is 407 g/mol. The van der Waals surface area contributed by atoms with Crippen LogP contribution in [0.1, 0.15) is 11.1 Å². The maximum atomic E-state index is 12.7. The molecule has 29 heavy (non-hydrogen) atoms. The zero-order chi connectivity index (χ0) is 20.9. The monoisotopic (exact) mass is 407 g/mol. The summed E-state index contributed by atoms with van der Waals surface area (Å²) in [6.45, 7) is 0.265. The fourth-order valence-electron chi connectivity index (χ4n) is 2.48. The topological polar surface area (TPSA) is 73.9 Å². The molecule has 2 aromatic rings. The van der Waals surface area contributed by atoms with Crippen LogP contribution in [0.25, 0.3) is 6.08 Å². The Morgan fingerprint density at radius 2 is 1.83 bits per heavy atom. The number of carbonyl (C=O) groups excluding carboxylic acids is 2. The smallest absolute Gasteiger partial charge is 0.416 e. The Kier molecular flexibility index (Phi) is 6.06. The SMILES string of the molecule is O=C(COC(=O)/C=C/c1ccc2c(c1)OCCO2)Nc1cccc(C(F)(F)F)c1. The number of esters is 1. The van der Waals surface area contributed by atoms with E-state index in [1.807, 2.05) is 0 Å². The lowest BCUT2D eigenvalue weighted by atomic mass is 10.2. The Balaban J connectivity index is 1.50. The van der Waals surface area contributed by atoms with Gasteiger partial charge in [-0.05, 0) is 42.0 Å². The summed E-state index contributed by atoms with van der Waals surface area (Å²) in [7, 11) is 0. The minimum absolute atomic E-state index is 0.0484. The number of amides is 1. The second-order valence-corrected chi connectivity index (χ2v) is 5.97. The molecule has 0 saturated carbocycles. The summed E-state index contributed by atoms with van der Waals surface area (Å²) in [5.41, 5.74) is -0.276. The molecule has 9 heteroatoms. The first-order chi connectivity index (χ1) is 13.8. The van der Waals surface area contributed by atoms with Crippen LogP contribution in [0, 0.1) is 0 Å². The molecule has 152 valence electrons. The van der Waals surface area contributed by atoms with Crippen LogP contribution in [0.4, 0.5) is 18.9 Å². The lowest BCUT2D eigenvalue weighted by molar-refractivity contribution is -0.142. The lowest BCUT2D eigenvalue weighted by Gasteiger charge is -2.18. The number of halogens is 3. The van der Waals surface area contributed by atoms with Gasteiger partial charge in [-0.3, -0.25) is 4.79 Å². The van der Waals surface area contributed by atoms with Gasteiger partial charge in [0.25, 0.3) is 5.91 Å². The highest BCUT2D eigenvalue weighted by Gasteiger charge is 2.30. The molecule has 3 rings (SSSR count). The van der Waals surface area contributed by atoms with E-state index in [1.54, 1.807) is 18.2 Å². The largest absolute Gasteiger partial charge is 0.486 e. The highest BCUT2D eigenvalue weighted by Crippen LogP contribution is 2.31. The predicted molar refractivity (Wildman–Crippen MR) is 97.5 cm³/mol. The highest BCUT2D eigenvalue weighted by molar-refractivity contribution is 5.94. The van der Waals surface area contributed by atoms with Crippen molar-refractivity contribution in [2.45, 2.75) is 6.18 Å². The second kappa shape index (κ2) is 8.68. The standard InChI is InChI=1S/C20H16F3NO5/c21-20(22,23)14-2-1-3-15(11-14)24-18(25)12-29-19(26)7-5-13-4-6-16-17(10-13)28-9-8-27-16/h1-7,10-11H,8-9,12H2,(H,24,25)/b7-5+. The summed E-state index contributed by atoms with van der Waals surface area (Å²) in [4.78, 5) is 23.5. The third-order valence-electron chi connectivity index (χ3n) is 3.80. The molecular formula is C20H16F3NO5. The first kappa shape index (κ1) is 20.2. The lowest BCUT2D eigenvalue weighted by Crippen LogP contribution is -2.20. The fourth-order valence-corrected chi connectivity index (χ4v) is 2.48. The van der Waals surface area contributed by atoms with Gasteiger partial charge in [-0.15, -0.1) is 0 Å². The number of anilines is 1. The van der Waals surface area contributed by atoms with Crippen LogP contribution >= 0.6 is 0 Å². The predicted octanol–water partition coefficient (Wildman–Crippen LogP) is 3.67. The van der Waals surface area contributed by atoms with Crippen LogP contribution in [0.5, 0.6) is 11.5 Å². The van der Waals surface area contributed by atoms with Gasteiger partial charge >= 0.3 is 12.1 Å². The zero-order valence-corrected chi connectivity index (χ0v) is 15.0. The average Bonchev–Trinajstić information content (AvgIpc) is 2.70. The molecule has 1 amide bonds. The fraction of sp³-hybridized carbons (Fsp3) is 0.200. The van der Waals surface area contributed by atoms with Crippen LogP contribution < -0.4 is 14.8 Å². The Hall–Kier alpha value is -3.49. The van der Waals surface area contributed by atoms with E-state index in [2.05, 4.69) is 5.32 Å². The van der Waals surface area contributed by atoms with E-state index < -0.39 is 30.2 Å². The number of alkyl halides is 3. The van der Waals surface area contributed by atoms with Crippen LogP contribution in [0.3, 0.4) is 0 Å². The second-order valence-electron chi connectivity index (χ2n) is 5.97. The maximum Gasteiger partial charge on any atom is 0.416 e. The summed E-state index contributed by atoms with van der Waals surface area (Å²) < 4.78 is 53.6. The molecule has 1 heterocycles. The molecule has 1 N–H and O–H groups in total. The van der Waals surface area contributed by atoms with Crippen LogP contribution in [0.2, 0.25) is 0 Å². The molecular weight excluding hydrogens is 391 g/mol. The number of rotatable bonds is 5. The molecule has 0 atom stereocenters. The van der Waals surface area contributed by atoms with Gasteiger partial charge in [0, 0.05) is 11.8 Å². The van der Waals surface area contributed by atoms with Gasteiger partial charge in [-0.25, -0.2) is 4.79 Å². The molecule has 0 bridgehead atoms. The number of fused-ring (bicyclic) bond motifs is 1. The molecule has 0 saturated heterocycles. The molecule has 1 aliphatic heterocycles. The molecule has 1 aliphatic rings. The quantitative estimate of drug-likeness (QED) is 0.605. The minimum Gasteiger partial charge on any atom is -0.486 e. The summed E-state index contributed by atoms with van der Waals surface area (Å²) in [6, 6.07) is 9.27. The summed E-state index contributed by atoms with van der Waals surface area (Å²) in [5.74, 6) is -0.362. The van der Waals surface area contributed by atoms with E-state index in [0.29, 0.717) is 30.3 Å². The van der Waals surface area contributed by atoms with Gasteiger partial charge in [-0.1, -0.05) is 12.1 Å². The Bertz CT molecular complexity index is 940. The Morgan fingerprint density at radius 3 is 2.59 bits per heavy atom. The van der Waals surface area contributed by atoms with Crippen molar-refractivity contribution in [2.75, 3.05) is 25.1 Å². The summed E-state index contributed by atoms with van der Waals surface area (Å²) in [5, 5.41) is 2.25. The van der Waals surface area contributed by atoms with Crippen molar-refractivity contribution in [3.05, 3.63) is 59.7 Å². The van der Waals surface area contributed by atoms with Gasteiger partial charge in [0.05, 0.1) is 5.56 Å². The Morgan fingerprint density at radius 1 is 1.07 bits per heavy atom. The van der Waals surface area contributed by atoms with Crippen molar-refractivity contribution in [1.82, 2.24) is 0 Å². The first-order valence-electron chi connectivity index (χ1n) is 8.53.